The van der Waals surface area contributed by atoms with Crippen LogP contribution in [0.1, 0.15) is 30.7 Å². The lowest BCUT2D eigenvalue weighted by Gasteiger charge is -2.12. The third-order valence-electron chi connectivity index (χ3n) is 4.39. The Hall–Kier alpha value is -2.12. The Morgan fingerprint density at radius 3 is 2.75 bits per heavy atom. The number of nitrogens with one attached hydrogen (secondary N) is 1. The standard InChI is InChI=1S/C21H25N3O2S2/c1-3-11-22-18(25)14-27-21-23-19-17(13-16(4-2)28-19)20(26)24(21)12-10-15-8-6-5-7-9-15/h5-9,13H,3-4,10-12,14H2,1-2H3,(H,22,25). The molecule has 0 radical (unpaired) electrons. The van der Waals surface area contributed by atoms with E-state index < -0.39 is 0 Å². The number of thioether (sulfide) groups is 1. The van der Waals surface area contributed by atoms with E-state index in [1.807, 2.05) is 31.2 Å². The maximum Gasteiger partial charge on any atom is 0.262 e. The van der Waals surface area contributed by atoms with Crippen molar-refractivity contribution in [3.05, 3.63) is 57.2 Å². The van der Waals surface area contributed by atoms with E-state index in [-0.39, 0.29) is 17.2 Å². The number of benzene rings is 1. The largest absolute Gasteiger partial charge is 0.355 e. The first-order chi connectivity index (χ1) is 13.6. The summed E-state index contributed by atoms with van der Waals surface area (Å²) in [5.41, 5.74) is 1.15. The molecule has 0 aliphatic rings. The fraction of sp³-hybridized carbons (Fsp3) is 0.381. The van der Waals surface area contributed by atoms with E-state index in [4.69, 9.17) is 4.98 Å². The fourth-order valence-electron chi connectivity index (χ4n) is 2.86. The SMILES string of the molecule is CCCNC(=O)CSc1nc2sc(CC)cc2c(=O)n1CCc1ccccc1. The van der Waals surface area contributed by atoms with E-state index in [2.05, 4.69) is 24.4 Å². The zero-order chi connectivity index (χ0) is 19.9. The summed E-state index contributed by atoms with van der Waals surface area (Å²) < 4.78 is 1.72. The van der Waals surface area contributed by atoms with Gasteiger partial charge in [-0.3, -0.25) is 14.2 Å². The number of nitrogens with zero attached hydrogens (tertiary/aromatic N) is 2. The van der Waals surface area contributed by atoms with Crippen molar-refractivity contribution in [3.63, 3.8) is 0 Å². The molecule has 0 aliphatic heterocycles. The van der Waals surface area contributed by atoms with Gasteiger partial charge in [0.25, 0.3) is 5.56 Å². The topological polar surface area (TPSA) is 64.0 Å². The average Bonchev–Trinajstić information content (AvgIpc) is 3.14. The van der Waals surface area contributed by atoms with Gasteiger partial charge in [-0.2, -0.15) is 0 Å². The maximum atomic E-state index is 13.1. The molecular formula is C21H25N3O2S2. The minimum atomic E-state index is -0.0313. The second-order valence-corrected chi connectivity index (χ2v) is 8.57. The highest BCUT2D eigenvalue weighted by atomic mass is 32.2. The highest BCUT2D eigenvalue weighted by Gasteiger charge is 2.15. The van der Waals surface area contributed by atoms with Gasteiger partial charge < -0.3 is 5.32 Å². The number of rotatable bonds is 9. The van der Waals surface area contributed by atoms with E-state index in [0.717, 1.165) is 29.0 Å². The number of thiophene rings is 1. The van der Waals surface area contributed by atoms with Crippen molar-refractivity contribution < 1.29 is 4.79 Å². The number of hydrogen-bond acceptors (Lipinski definition) is 5. The number of hydrogen-bond donors (Lipinski definition) is 1. The van der Waals surface area contributed by atoms with Crippen molar-refractivity contribution in [2.75, 3.05) is 12.3 Å². The van der Waals surface area contributed by atoms with Crippen molar-refractivity contribution in [2.24, 2.45) is 0 Å². The summed E-state index contributed by atoms with van der Waals surface area (Å²) in [5, 5.41) is 4.16. The monoisotopic (exact) mass is 415 g/mol. The molecule has 0 unspecified atom stereocenters. The molecule has 5 nitrogen and oxygen atoms in total. The molecule has 1 N–H and O–H groups in total. The van der Waals surface area contributed by atoms with Crippen molar-refractivity contribution >= 4 is 39.2 Å². The van der Waals surface area contributed by atoms with E-state index in [1.165, 1.54) is 17.3 Å². The molecule has 0 spiro atoms. The number of aromatic nitrogens is 2. The van der Waals surface area contributed by atoms with Crippen LogP contribution in [0.4, 0.5) is 0 Å². The van der Waals surface area contributed by atoms with Crippen LogP contribution in [0.15, 0.2) is 46.3 Å². The Labute approximate surface area is 173 Å². The first-order valence-corrected chi connectivity index (χ1v) is 11.4. The molecule has 0 saturated heterocycles. The van der Waals surface area contributed by atoms with Crippen LogP contribution in [0.3, 0.4) is 0 Å². The summed E-state index contributed by atoms with van der Waals surface area (Å²) in [4.78, 5) is 31.8. The van der Waals surface area contributed by atoms with Gasteiger partial charge in [0.1, 0.15) is 4.83 Å². The fourth-order valence-corrected chi connectivity index (χ4v) is 4.72. The van der Waals surface area contributed by atoms with Gasteiger partial charge in [0, 0.05) is 18.0 Å². The van der Waals surface area contributed by atoms with Crippen molar-refractivity contribution in [1.29, 1.82) is 0 Å². The summed E-state index contributed by atoms with van der Waals surface area (Å²) in [6.07, 6.45) is 2.53. The Bertz CT molecular complexity index is 996. The Balaban J connectivity index is 1.89. The van der Waals surface area contributed by atoms with Crippen LogP contribution >= 0.6 is 23.1 Å². The number of fused-ring (bicyclic) bond motifs is 1. The van der Waals surface area contributed by atoms with Crippen LogP contribution in [0.5, 0.6) is 0 Å². The molecule has 0 fully saturated rings. The van der Waals surface area contributed by atoms with Crippen LogP contribution in [0, 0.1) is 0 Å². The molecule has 7 heteroatoms. The van der Waals surface area contributed by atoms with Crippen LogP contribution in [-0.2, 0) is 24.2 Å². The van der Waals surface area contributed by atoms with E-state index >= 15 is 0 Å². The molecule has 0 atom stereocenters. The van der Waals surface area contributed by atoms with Crippen LogP contribution in [0.25, 0.3) is 10.2 Å². The molecule has 2 heterocycles. The maximum absolute atomic E-state index is 13.1. The van der Waals surface area contributed by atoms with Crippen LogP contribution in [0.2, 0.25) is 0 Å². The Kier molecular flexibility index (Phi) is 7.28. The molecule has 2 aromatic heterocycles. The second-order valence-electron chi connectivity index (χ2n) is 6.51. The molecule has 3 aromatic rings. The number of carbonyl (C=O) groups is 1. The molecule has 0 aliphatic carbocycles. The number of amides is 1. The van der Waals surface area contributed by atoms with Gasteiger partial charge in [0.15, 0.2) is 5.16 Å². The number of aryl methyl sites for hydroxylation is 2. The van der Waals surface area contributed by atoms with E-state index in [9.17, 15) is 9.59 Å². The molecule has 1 aromatic carbocycles. The highest BCUT2D eigenvalue weighted by Crippen LogP contribution is 2.25. The lowest BCUT2D eigenvalue weighted by Crippen LogP contribution is -2.27. The van der Waals surface area contributed by atoms with Crippen LogP contribution < -0.4 is 10.9 Å². The first-order valence-electron chi connectivity index (χ1n) is 9.59. The molecule has 1 amide bonds. The lowest BCUT2D eigenvalue weighted by molar-refractivity contribution is -0.118. The van der Waals surface area contributed by atoms with Gasteiger partial charge >= 0.3 is 0 Å². The van der Waals surface area contributed by atoms with Crippen molar-refractivity contribution in [3.8, 4) is 0 Å². The second kappa shape index (κ2) is 9.89. The third-order valence-corrected chi connectivity index (χ3v) is 6.54. The van der Waals surface area contributed by atoms with E-state index in [1.54, 1.807) is 15.9 Å². The van der Waals surface area contributed by atoms with Crippen LogP contribution in [-0.4, -0.2) is 27.8 Å². The normalized spacial score (nSPS) is 11.1. The summed E-state index contributed by atoms with van der Waals surface area (Å²) in [5.74, 6) is 0.228. The predicted octanol–water partition coefficient (Wildman–Crippen LogP) is 3.88. The zero-order valence-electron chi connectivity index (χ0n) is 16.2. The minimum Gasteiger partial charge on any atom is -0.355 e. The molecule has 0 saturated carbocycles. The minimum absolute atomic E-state index is 0.0200. The summed E-state index contributed by atoms with van der Waals surface area (Å²) in [7, 11) is 0. The number of carbonyl (C=O) groups excluding carboxylic acids is 1. The quantitative estimate of drug-likeness (QED) is 0.425. The van der Waals surface area contributed by atoms with Crippen molar-refractivity contribution in [1.82, 2.24) is 14.9 Å². The average molecular weight is 416 g/mol. The summed E-state index contributed by atoms with van der Waals surface area (Å²) in [6, 6.07) is 12.1. The molecular weight excluding hydrogens is 390 g/mol. The lowest BCUT2D eigenvalue weighted by atomic mass is 10.1. The summed E-state index contributed by atoms with van der Waals surface area (Å²) in [6.45, 7) is 5.30. The smallest absolute Gasteiger partial charge is 0.262 e. The molecule has 3 rings (SSSR count). The van der Waals surface area contributed by atoms with Gasteiger partial charge in [-0.15, -0.1) is 11.3 Å². The molecule has 28 heavy (non-hydrogen) atoms. The van der Waals surface area contributed by atoms with Gasteiger partial charge in [0.2, 0.25) is 5.91 Å². The van der Waals surface area contributed by atoms with E-state index in [0.29, 0.717) is 23.6 Å². The van der Waals surface area contributed by atoms with Gasteiger partial charge in [-0.25, -0.2) is 4.98 Å². The third kappa shape index (κ3) is 5.02. The Morgan fingerprint density at radius 2 is 2.04 bits per heavy atom. The van der Waals surface area contributed by atoms with Gasteiger partial charge in [0.05, 0.1) is 11.1 Å². The zero-order valence-corrected chi connectivity index (χ0v) is 17.9. The molecule has 148 valence electrons. The summed E-state index contributed by atoms with van der Waals surface area (Å²) >= 11 is 2.89. The van der Waals surface area contributed by atoms with Crippen molar-refractivity contribution in [2.45, 2.75) is 44.8 Å². The predicted molar refractivity (Wildman–Crippen MR) is 117 cm³/mol. The Morgan fingerprint density at radius 1 is 1.25 bits per heavy atom. The highest BCUT2D eigenvalue weighted by molar-refractivity contribution is 7.99. The van der Waals surface area contributed by atoms with Gasteiger partial charge in [-0.05, 0) is 30.9 Å². The molecule has 0 bridgehead atoms. The van der Waals surface area contributed by atoms with Gasteiger partial charge in [-0.1, -0.05) is 55.9 Å². The first kappa shape index (κ1) is 20.6.